The van der Waals surface area contributed by atoms with E-state index in [1.165, 1.54) is 4.57 Å². The molecule has 1 aromatic rings. The van der Waals surface area contributed by atoms with Gasteiger partial charge in [0.1, 0.15) is 18.3 Å². The number of aromatic amines is 1. The van der Waals surface area contributed by atoms with Crippen molar-refractivity contribution >= 4 is 18.9 Å². The molecule has 2 heterocycles. The molecule has 0 bridgehead atoms. The Kier molecular flexibility index (Phi) is 11.1. The van der Waals surface area contributed by atoms with Crippen LogP contribution in [0.4, 0.5) is 0 Å². The maximum Gasteiger partial charge on any atom is 1.00 e. The molecule has 14 nitrogen and oxygen atoms in total. The van der Waals surface area contributed by atoms with Gasteiger partial charge >= 0.3 is 57.1 Å². The number of aliphatic hydroxyl groups is 4. The summed E-state index contributed by atoms with van der Waals surface area (Å²) >= 11 is 0. The zero-order valence-corrected chi connectivity index (χ0v) is 21.9. The van der Waals surface area contributed by atoms with E-state index in [1.54, 1.807) is 12.1 Å². The number of rotatable bonds is 5. The van der Waals surface area contributed by atoms with Gasteiger partial charge in [0, 0.05) is 0 Å². The summed E-state index contributed by atoms with van der Waals surface area (Å²) in [7, 11) is -4.89. The molecule has 0 amide bonds. The summed E-state index contributed by atoms with van der Waals surface area (Å²) in [4.78, 5) is 56.9. The molecule has 2 aliphatic heterocycles. The number of aryl methyl sites for hydroxylation is 2. The Hall–Kier alpha value is -0.914. The minimum absolute atomic E-state index is 0. The molecule has 0 unspecified atom stereocenters. The second kappa shape index (κ2) is 12.2. The molecule has 0 radical (unpaired) electrons. The zero-order valence-electron chi connectivity index (χ0n) is 17.9. The third-order valence-corrected chi connectivity index (χ3v) is 4.57. The Balaban J connectivity index is 0.000000821. The third kappa shape index (κ3) is 8.07. The van der Waals surface area contributed by atoms with Gasteiger partial charge in [0.15, 0.2) is 11.5 Å². The van der Waals surface area contributed by atoms with Crippen LogP contribution >= 0.6 is 7.82 Å². The molecular weight excluding hydrogens is 490 g/mol. The standard InChI is InChI=1S/C17H20N4O6.K.H3O4P/c1-7-3-9-10(4-8(7)2)21(5-11(23)14(25)12(24)6-22)15-13(18-9)16(26)20-17(27)19-15;;1-5(2,3)4/h3-4,11-12,14,22-25H,5-6H2,1-2H3,(H,20,26,27);;(H3,1,2,3,4)/q;+1;/p-1/t11-,12+,14-;;/m0../s1. The molecule has 16 heteroatoms. The SMILES string of the molecule is Cc1cc2nc3c(=O)[nH]c(=O)nc-3n(C[C@H](O)[C@H](O)[C@H](O)CO)c2cc1C.O=P([O-])(O)O.[K+]. The van der Waals surface area contributed by atoms with Crippen molar-refractivity contribution in [3.8, 4) is 11.5 Å². The number of fused-ring (bicyclic) bond motifs is 2. The van der Waals surface area contributed by atoms with Gasteiger partial charge in [-0.3, -0.25) is 14.3 Å². The normalized spacial score (nSPS) is 14.2. The van der Waals surface area contributed by atoms with Crippen LogP contribution < -0.4 is 67.5 Å². The van der Waals surface area contributed by atoms with Gasteiger partial charge < -0.3 is 39.7 Å². The van der Waals surface area contributed by atoms with Crippen molar-refractivity contribution in [3.05, 3.63) is 44.1 Å². The molecule has 0 saturated heterocycles. The van der Waals surface area contributed by atoms with Crippen molar-refractivity contribution in [1.82, 2.24) is 19.5 Å². The largest absolute Gasteiger partial charge is 1.00 e. The molecule has 0 spiro atoms. The second-order valence-corrected chi connectivity index (χ2v) is 7.97. The minimum Gasteiger partial charge on any atom is -0.756 e. The van der Waals surface area contributed by atoms with Crippen LogP contribution in [0.3, 0.4) is 0 Å². The summed E-state index contributed by atoms with van der Waals surface area (Å²) in [5.74, 6) is -0.0516. The fourth-order valence-electron chi connectivity index (χ4n) is 2.89. The van der Waals surface area contributed by atoms with Crippen LogP contribution in [-0.4, -0.2) is 74.7 Å². The maximum atomic E-state index is 12.2. The Bertz CT molecular complexity index is 1230. The summed E-state index contributed by atoms with van der Waals surface area (Å²) in [5, 5.41) is 38.8. The Morgan fingerprint density at radius 1 is 1.09 bits per heavy atom. The van der Waals surface area contributed by atoms with E-state index in [-0.39, 0.29) is 69.4 Å². The van der Waals surface area contributed by atoms with Gasteiger partial charge in [0.05, 0.1) is 24.2 Å². The summed E-state index contributed by atoms with van der Waals surface area (Å²) in [6, 6.07) is 3.53. The van der Waals surface area contributed by atoms with Gasteiger partial charge in [-0.05, 0) is 37.1 Å². The van der Waals surface area contributed by atoms with E-state index in [2.05, 4.69) is 15.0 Å². The first-order valence-electron chi connectivity index (χ1n) is 9.06. The maximum absolute atomic E-state index is 12.2. The van der Waals surface area contributed by atoms with E-state index < -0.39 is 44.0 Å². The molecule has 33 heavy (non-hydrogen) atoms. The van der Waals surface area contributed by atoms with Crippen molar-refractivity contribution in [1.29, 1.82) is 0 Å². The number of aliphatic hydroxyl groups excluding tert-OH is 4. The molecule has 3 rings (SSSR count). The molecule has 7 N–H and O–H groups in total. The first kappa shape index (κ1) is 30.1. The van der Waals surface area contributed by atoms with Crippen LogP contribution in [-0.2, 0) is 11.1 Å². The number of nitrogens with zero attached hydrogens (tertiary/aromatic N) is 3. The van der Waals surface area contributed by atoms with E-state index in [0.717, 1.165) is 11.1 Å². The van der Waals surface area contributed by atoms with E-state index in [4.69, 9.17) is 24.4 Å². The Morgan fingerprint density at radius 2 is 1.64 bits per heavy atom. The van der Waals surface area contributed by atoms with Gasteiger partial charge in [0.2, 0.25) is 0 Å². The van der Waals surface area contributed by atoms with E-state index >= 15 is 0 Å². The Morgan fingerprint density at radius 3 is 2.18 bits per heavy atom. The number of aromatic nitrogens is 4. The average Bonchev–Trinajstić information content (AvgIpc) is 2.67. The summed E-state index contributed by atoms with van der Waals surface area (Å²) in [6.07, 6.45) is -4.68. The van der Waals surface area contributed by atoms with Crippen LogP contribution in [0.2, 0.25) is 0 Å². The van der Waals surface area contributed by atoms with Crippen molar-refractivity contribution < 1.29 is 91.1 Å². The topological polar surface area (TPSA) is 242 Å². The first-order valence-corrected chi connectivity index (χ1v) is 10.6. The average molecular weight is 512 g/mol. The fourth-order valence-corrected chi connectivity index (χ4v) is 2.89. The number of benzene rings is 1. The number of phosphoric acid groups is 1. The molecule has 1 aromatic carbocycles. The van der Waals surface area contributed by atoms with Gasteiger partial charge in [-0.1, -0.05) is 0 Å². The summed E-state index contributed by atoms with van der Waals surface area (Å²) < 4.78 is 10.2. The molecule has 176 valence electrons. The van der Waals surface area contributed by atoms with E-state index in [1.807, 2.05) is 13.8 Å². The number of nitrogens with one attached hydrogen (secondary N) is 1. The summed E-state index contributed by atoms with van der Waals surface area (Å²) in [6.45, 7) is 2.73. The van der Waals surface area contributed by atoms with Crippen LogP contribution in [0.5, 0.6) is 0 Å². The van der Waals surface area contributed by atoms with E-state index in [9.17, 15) is 24.9 Å². The predicted molar refractivity (Wildman–Crippen MR) is 108 cm³/mol. The van der Waals surface area contributed by atoms with Gasteiger partial charge in [-0.2, -0.15) is 4.98 Å². The zero-order chi connectivity index (χ0) is 24.4. The third-order valence-electron chi connectivity index (χ3n) is 4.57. The molecule has 0 aliphatic carbocycles. The smallest absolute Gasteiger partial charge is 0.756 e. The minimum atomic E-state index is -4.89. The Labute approximate surface area is 228 Å². The molecule has 3 atom stereocenters. The molecule has 2 aliphatic rings. The van der Waals surface area contributed by atoms with Crippen molar-refractivity contribution in [2.24, 2.45) is 0 Å². The molecular formula is C17H22KN4O10P. The van der Waals surface area contributed by atoms with Crippen molar-refractivity contribution in [2.75, 3.05) is 6.61 Å². The number of hydrogen-bond donors (Lipinski definition) is 7. The van der Waals surface area contributed by atoms with Crippen LogP contribution in [0.1, 0.15) is 11.1 Å². The van der Waals surface area contributed by atoms with Crippen LogP contribution in [0.15, 0.2) is 21.7 Å². The molecule has 0 aromatic heterocycles. The predicted octanol–water partition coefficient (Wildman–Crippen LogP) is -6.28. The monoisotopic (exact) mass is 512 g/mol. The number of hydrogen-bond acceptors (Lipinski definition) is 10. The molecule has 0 saturated carbocycles. The molecule has 0 fully saturated rings. The van der Waals surface area contributed by atoms with Gasteiger partial charge in [-0.15, -0.1) is 0 Å². The van der Waals surface area contributed by atoms with Crippen LogP contribution in [0, 0.1) is 13.8 Å². The summed E-state index contributed by atoms with van der Waals surface area (Å²) in [5.41, 5.74) is 1.11. The van der Waals surface area contributed by atoms with Gasteiger partial charge in [0.25, 0.3) is 13.4 Å². The first-order chi connectivity index (χ1) is 14.7. The van der Waals surface area contributed by atoms with Crippen molar-refractivity contribution in [3.63, 3.8) is 0 Å². The second-order valence-electron chi connectivity index (χ2n) is 6.99. The van der Waals surface area contributed by atoms with E-state index in [0.29, 0.717) is 11.0 Å². The fraction of sp³-hybridized carbons (Fsp3) is 0.412. The van der Waals surface area contributed by atoms with Gasteiger partial charge in [-0.25, -0.2) is 9.78 Å². The number of H-pyrrole nitrogens is 1. The van der Waals surface area contributed by atoms with Crippen molar-refractivity contribution in [2.45, 2.75) is 38.7 Å². The van der Waals surface area contributed by atoms with Crippen LogP contribution in [0.25, 0.3) is 22.6 Å². The quantitative estimate of drug-likeness (QED) is 0.0959.